The number of rotatable bonds is 2. The molecule has 0 aromatic carbocycles. The first kappa shape index (κ1) is 6.55. The van der Waals surface area contributed by atoms with E-state index in [-0.39, 0.29) is 0 Å². The second kappa shape index (κ2) is 3.45. The summed E-state index contributed by atoms with van der Waals surface area (Å²) in [7, 11) is 0. The van der Waals surface area contributed by atoms with Crippen LogP contribution in [0.5, 0.6) is 0 Å². The van der Waals surface area contributed by atoms with Crippen LogP contribution in [0.2, 0.25) is 0 Å². The zero-order valence-corrected chi connectivity index (χ0v) is 5.63. The van der Waals surface area contributed by atoms with Crippen LogP contribution in [0.25, 0.3) is 0 Å². The van der Waals surface area contributed by atoms with Crippen LogP contribution in [0.4, 0.5) is 0 Å². The minimum Gasteiger partial charge on any atom is -0.297 e. The molecule has 0 aliphatic carbocycles. The molecule has 3 heteroatoms. The molecular formula is C6H11N2O. The Morgan fingerprint density at radius 1 is 1.44 bits per heavy atom. The maximum Gasteiger partial charge on any atom is 0.104 e. The van der Waals surface area contributed by atoms with Gasteiger partial charge in [0.2, 0.25) is 0 Å². The van der Waals surface area contributed by atoms with Crippen molar-refractivity contribution in [2.75, 3.05) is 13.1 Å². The van der Waals surface area contributed by atoms with E-state index in [1.807, 2.05) is 5.06 Å². The Kier molecular flexibility index (Phi) is 2.51. The largest absolute Gasteiger partial charge is 0.297 e. The van der Waals surface area contributed by atoms with Gasteiger partial charge in [0.25, 0.3) is 0 Å². The van der Waals surface area contributed by atoms with Gasteiger partial charge in [0.1, 0.15) is 6.21 Å². The molecule has 0 bridgehead atoms. The molecular weight excluding hydrogens is 116 g/mol. The summed E-state index contributed by atoms with van der Waals surface area (Å²) in [5, 5.41) is 5.37. The Hall–Kier alpha value is -0.570. The quantitative estimate of drug-likeness (QED) is 0.406. The number of hydroxylamine groups is 2. The molecule has 0 N–H and O–H groups in total. The highest BCUT2D eigenvalue weighted by Gasteiger charge is 2.11. The van der Waals surface area contributed by atoms with Crippen LogP contribution < -0.4 is 0 Å². The fourth-order valence-electron chi connectivity index (χ4n) is 0.868. The van der Waals surface area contributed by atoms with E-state index in [0.717, 1.165) is 13.1 Å². The summed E-state index contributed by atoms with van der Waals surface area (Å²) in [5.41, 5.74) is 0. The van der Waals surface area contributed by atoms with Crippen LogP contribution in [-0.2, 0) is 4.94 Å². The summed E-state index contributed by atoms with van der Waals surface area (Å²) < 4.78 is 0. The van der Waals surface area contributed by atoms with E-state index in [1.54, 1.807) is 6.92 Å². The summed E-state index contributed by atoms with van der Waals surface area (Å²) in [4.78, 5) is 4.90. The Bertz CT molecular complexity index is 97.2. The van der Waals surface area contributed by atoms with Gasteiger partial charge in [-0.15, -0.1) is 5.06 Å². The Morgan fingerprint density at radius 2 is 2.11 bits per heavy atom. The molecule has 9 heavy (non-hydrogen) atoms. The van der Waals surface area contributed by atoms with Crippen LogP contribution in [0.3, 0.4) is 0 Å². The highest BCUT2D eigenvalue weighted by molar-refractivity contribution is 5.52. The molecule has 1 radical (unpaired) electrons. The second-order valence-corrected chi connectivity index (χ2v) is 2.03. The van der Waals surface area contributed by atoms with E-state index >= 15 is 0 Å². The highest BCUT2D eigenvalue weighted by Crippen LogP contribution is 2.06. The molecule has 0 spiro atoms. The maximum atomic E-state index is 4.90. The predicted molar refractivity (Wildman–Crippen MR) is 35.0 cm³/mol. The first-order chi connectivity index (χ1) is 4.43. The molecule has 1 fully saturated rings. The number of nitrogens with zero attached hydrogens (tertiary/aromatic N) is 2. The lowest BCUT2D eigenvalue weighted by Gasteiger charge is -2.07. The van der Waals surface area contributed by atoms with Crippen LogP contribution >= 0.6 is 0 Å². The first-order valence-corrected chi connectivity index (χ1v) is 3.22. The minimum absolute atomic E-state index is 1.01. The average molecular weight is 127 g/mol. The van der Waals surface area contributed by atoms with Crippen molar-refractivity contribution in [1.82, 2.24) is 5.06 Å². The van der Waals surface area contributed by atoms with E-state index in [4.69, 9.17) is 4.94 Å². The zero-order valence-electron chi connectivity index (χ0n) is 5.63. The van der Waals surface area contributed by atoms with Crippen molar-refractivity contribution in [1.29, 1.82) is 0 Å². The average Bonchev–Trinajstić information content (AvgIpc) is 2.34. The van der Waals surface area contributed by atoms with Gasteiger partial charge in [0.05, 0.1) is 0 Å². The lowest BCUT2D eigenvalue weighted by Crippen LogP contribution is -2.16. The Morgan fingerprint density at radius 3 is 2.67 bits per heavy atom. The molecule has 0 unspecified atom stereocenters. The van der Waals surface area contributed by atoms with Crippen LogP contribution in [0.15, 0.2) is 5.16 Å². The fourth-order valence-corrected chi connectivity index (χ4v) is 0.868. The molecule has 1 heterocycles. The van der Waals surface area contributed by atoms with Gasteiger partial charge in [-0.25, -0.2) is 0 Å². The zero-order chi connectivity index (χ0) is 6.53. The molecule has 1 aliphatic rings. The summed E-state index contributed by atoms with van der Waals surface area (Å²) in [6.07, 6.45) is 5.00. The van der Waals surface area contributed by atoms with Crippen molar-refractivity contribution in [2.24, 2.45) is 5.16 Å². The molecule has 1 aliphatic heterocycles. The Balaban J connectivity index is 2.11. The van der Waals surface area contributed by atoms with E-state index in [0.29, 0.717) is 0 Å². The molecule has 0 saturated carbocycles. The summed E-state index contributed by atoms with van der Waals surface area (Å²) in [6.45, 7) is 3.73. The highest BCUT2D eigenvalue weighted by atomic mass is 16.8. The van der Waals surface area contributed by atoms with Crippen molar-refractivity contribution in [3.05, 3.63) is 0 Å². The molecule has 1 saturated heterocycles. The summed E-state index contributed by atoms with van der Waals surface area (Å²) in [6, 6.07) is 0. The van der Waals surface area contributed by atoms with Gasteiger partial charge in [-0.1, -0.05) is 5.16 Å². The summed E-state index contributed by atoms with van der Waals surface area (Å²) >= 11 is 0. The molecule has 1 rings (SSSR count). The van der Waals surface area contributed by atoms with Crippen LogP contribution in [0, 0.1) is 0 Å². The van der Waals surface area contributed by atoms with Crippen molar-refractivity contribution in [3.63, 3.8) is 0 Å². The smallest absolute Gasteiger partial charge is 0.104 e. The van der Waals surface area contributed by atoms with Gasteiger partial charge in [0, 0.05) is 13.1 Å². The van der Waals surface area contributed by atoms with E-state index in [1.165, 1.54) is 12.8 Å². The second-order valence-electron chi connectivity index (χ2n) is 2.03. The third-order valence-corrected chi connectivity index (χ3v) is 1.31. The van der Waals surface area contributed by atoms with Gasteiger partial charge in [0.15, 0.2) is 0 Å². The van der Waals surface area contributed by atoms with Crippen LogP contribution in [-0.4, -0.2) is 24.4 Å². The third kappa shape index (κ3) is 2.01. The number of hydrogen-bond donors (Lipinski definition) is 0. The van der Waals surface area contributed by atoms with Gasteiger partial charge < -0.3 is 0 Å². The minimum atomic E-state index is 1.01. The first-order valence-electron chi connectivity index (χ1n) is 3.22. The van der Waals surface area contributed by atoms with Crippen LogP contribution in [0.1, 0.15) is 19.8 Å². The Labute approximate surface area is 55.2 Å². The topological polar surface area (TPSA) is 24.8 Å². The molecule has 0 amide bonds. The van der Waals surface area contributed by atoms with E-state index < -0.39 is 0 Å². The lowest BCUT2D eigenvalue weighted by atomic mass is 10.4. The van der Waals surface area contributed by atoms with Gasteiger partial charge in [-0.3, -0.25) is 4.94 Å². The molecule has 51 valence electrons. The van der Waals surface area contributed by atoms with E-state index in [2.05, 4.69) is 11.4 Å². The normalized spacial score (nSPS) is 21.4. The van der Waals surface area contributed by atoms with E-state index in [9.17, 15) is 0 Å². The molecule has 0 aromatic rings. The SMILES string of the molecule is C[C]=NON1CCCC1. The van der Waals surface area contributed by atoms with Gasteiger partial charge >= 0.3 is 0 Å². The van der Waals surface area contributed by atoms with Crippen molar-refractivity contribution in [2.45, 2.75) is 19.8 Å². The van der Waals surface area contributed by atoms with Crippen molar-refractivity contribution >= 4 is 6.21 Å². The van der Waals surface area contributed by atoms with Crippen molar-refractivity contribution < 1.29 is 4.94 Å². The molecule has 0 atom stereocenters. The lowest BCUT2D eigenvalue weighted by molar-refractivity contribution is -0.141. The number of hydrogen-bond acceptors (Lipinski definition) is 3. The standard InChI is InChI=1S/C6H11N2O/c1-2-7-9-8-5-3-4-6-8/h3-6H2,1H3. The molecule has 0 aromatic heterocycles. The predicted octanol–water partition coefficient (Wildman–Crippen LogP) is 0.897. The maximum absolute atomic E-state index is 4.90. The monoisotopic (exact) mass is 127 g/mol. The summed E-state index contributed by atoms with van der Waals surface area (Å²) in [5.74, 6) is 0. The van der Waals surface area contributed by atoms with Crippen molar-refractivity contribution in [3.8, 4) is 0 Å². The third-order valence-electron chi connectivity index (χ3n) is 1.31. The van der Waals surface area contributed by atoms with Gasteiger partial charge in [-0.2, -0.15) is 0 Å². The molecule has 3 nitrogen and oxygen atoms in total. The van der Waals surface area contributed by atoms with Gasteiger partial charge in [-0.05, 0) is 19.8 Å². The fraction of sp³-hybridized carbons (Fsp3) is 0.833.